The summed E-state index contributed by atoms with van der Waals surface area (Å²) in [5.41, 5.74) is 0.838. The van der Waals surface area contributed by atoms with Crippen molar-refractivity contribution in [2.24, 2.45) is 0 Å². The fourth-order valence-corrected chi connectivity index (χ4v) is 2.39. The van der Waals surface area contributed by atoms with Gasteiger partial charge in [0.15, 0.2) is 0 Å². The number of methoxy groups -OCH3 is 1. The van der Waals surface area contributed by atoms with E-state index in [1.165, 1.54) is 7.11 Å². The SMILES string of the molecule is COc1cccc(Cl)c1C(=O)Nc1ccc(OCCCC(=O)O)cc1. The third-order valence-corrected chi connectivity index (χ3v) is 3.65. The van der Waals surface area contributed by atoms with Crippen LogP contribution in [-0.2, 0) is 4.79 Å². The lowest BCUT2D eigenvalue weighted by molar-refractivity contribution is -0.137. The quantitative estimate of drug-likeness (QED) is 0.696. The van der Waals surface area contributed by atoms with Crippen molar-refractivity contribution >= 4 is 29.2 Å². The number of rotatable bonds is 8. The summed E-state index contributed by atoms with van der Waals surface area (Å²) < 4.78 is 10.6. The summed E-state index contributed by atoms with van der Waals surface area (Å²) in [6.07, 6.45) is 0.494. The van der Waals surface area contributed by atoms with Gasteiger partial charge >= 0.3 is 5.97 Å². The van der Waals surface area contributed by atoms with Crippen LogP contribution in [0.1, 0.15) is 23.2 Å². The zero-order valence-electron chi connectivity index (χ0n) is 13.6. The van der Waals surface area contributed by atoms with Crippen molar-refractivity contribution in [3.05, 3.63) is 53.1 Å². The standard InChI is InChI=1S/C18H18ClNO5/c1-24-15-5-2-4-14(19)17(15)18(23)20-12-7-9-13(10-8-12)25-11-3-6-16(21)22/h2,4-5,7-10H,3,6,11H2,1H3,(H,20,23)(H,21,22). The number of carbonyl (C=O) groups is 2. The van der Waals surface area contributed by atoms with Gasteiger partial charge in [-0.25, -0.2) is 0 Å². The molecule has 1 amide bonds. The first-order valence-electron chi connectivity index (χ1n) is 7.59. The highest BCUT2D eigenvalue weighted by Gasteiger charge is 2.16. The first-order chi connectivity index (χ1) is 12.0. The average Bonchev–Trinajstić information content (AvgIpc) is 2.59. The molecule has 0 aromatic heterocycles. The molecule has 0 saturated carbocycles. The van der Waals surface area contributed by atoms with Crippen LogP contribution in [0.15, 0.2) is 42.5 Å². The lowest BCUT2D eigenvalue weighted by atomic mass is 10.1. The number of hydrogen-bond acceptors (Lipinski definition) is 4. The molecule has 0 aliphatic carbocycles. The Balaban J connectivity index is 1.97. The number of carboxylic acid groups (broad SMARTS) is 1. The van der Waals surface area contributed by atoms with Gasteiger partial charge in [0.25, 0.3) is 5.91 Å². The average molecular weight is 364 g/mol. The Bertz CT molecular complexity index is 746. The monoisotopic (exact) mass is 363 g/mol. The predicted molar refractivity (Wildman–Crippen MR) is 94.8 cm³/mol. The van der Waals surface area contributed by atoms with Gasteiger partial charge < -0.3 is 19.9 Å². The number of aliphatic carboxylic acids is 1. The van der Waals surface area contributed by atoms with Crippen LogP contribution in [0, 0.1) is 0 Å². The minimum Gasteiger partial charge on any atom is -0.496 e. The summed E-state index contributed by atoms with van der Waals surface area (Å²) in [5, 5.41) is 11.6. The fraction of sp³-hybridized carbons (Fsp3) is 0.222. The third-order valence-electron chi connectivity index (χ3n) is 3.34. The molecule has 0 aliphatic rings. The van der Waals surface area contributed by atoms with E-state index < -0.39 is 5.97 Å². The maximum atomic E-state index is 12.4. The van der Waals surface area contributed by atoms with Crippen LogP contribution < -0.4 is 14.8 Å². The van der Waals surface area contributed by atoms with E-state index in [2.05, 4.69) is 5.32 Å². The number of ether oxygens (including phenoxy) is 2. The van der Waals surface area contributed by atoms with E-state index in [9.17, 15) is 9.59 Å². The Labute approximate surface area is 150 Å². The molecule has 0 bridgehead atoms. The van der Waals surface area contributed by atoms with Crippen molar-refractivity contribution in [2.45, 2.75) is 12.8 Å². The highest BCUT2D eigenvalue weighted by atomic mass is 35.5. The molecule has 0 spiro atoms. The topological polar surface area (TPSA) is 84.9 Å². The van der Waals surface area contributed by atoms with Gasteiger partial charge in [-0.05, 0) is 42.8 Å². The molecule has 0 fully saturated rings. The number of hydrogen-bond donors (Lipinski definition) is 2. The molecule has 2 N–H and O–H groups in total. The van der Waals surface area contributed by atoms with E-state index in [1.54, 1.807) is 42.5 Å². The number of halogens is 1. The Hall–Kier alpha value is -2.73. The highest BCUT2D eigenvalue weighted by molar-refractivity contribution is 6.34. The van der Waals surface area contributed by atoms with E-state index in [4.69, 9.17) is 26.2 Å². The number of benzene rings is 2. The van der Waals surface area contributed by atoms with Crippen LogP contribution in [0.4, 0.5) is 5.69 Å². The predicted octanol–water partition coefficient (Wildman–Crippen LogP) is 3.84. The fourth-order valence-electron chi connectivity index (χ4n) is 2.14. The summed E-state index contributed by atoms with van der Waals surface area (Å²) in [6.45, 7) is 0.314. The Morgan fingerprint density at radius 3 is 2.52 bits per heavy atom. The molecular weight excluding hydrogens is 346 g/mol. The molecule has 2 aromatic carbocycles. The van der Waals surface area contributed by atoms with Gasteiger partial charge in [-0.1, -0.05) is 17.7 Å². The summed E-state index contributed by atoms with van der Waals surface area (Å²) in [4.78, 5) is 22.8. The summed E-state index contributed by atoms with van der Waals surface area (Å²) in [5.74, 6) is -0.240. The van der Waals surface area contributed by atoms with Crippen molar-refractivity contribution < 1.29 is 24.2 Å². The molecule has 0 radical (unpaired) electrons. The second-order valence-electron chi connectivity index (χ2n) is 5.14. The maximum Gasteiger partial charge on any atom is 0.303 e. The second-order valence-corrected chi connectivity index (χ2v) is 5.55. The molecule has 25 heavy (non-hydrogen) atoms. The van der Waals surface area contributed by atoms with E-state index in [0.29, 0.717) is 35.2 Å². The molecule has 2 aromatic rings. The number of carboxylic acids is 1. The molecule has 0 aliphatic heterocycles. The van der Waals surface area contributed by atoms with Gasteiger partial charge in [0.05, 0.1) is 18.7 Å². The van der Waals surface area contributed by atoms with E-state index in [-0.39, 0.29) is 17.9 Å². The number of carbonyl (C=O) groups excluding carboxylic acids is 1. The van der Waals surface area contributed by atoms with Crippen LogP contribution in [-0.4, -0.2) is 30.7 Å². The van der Waals surface area contributed by atoms with Gasteiger partial charge in [-0.3, -0.25) is 9.59 Å². The van der Waals surface area contributed by atoms with Gasteiger partial charge in [-0.2, -0.15) is 0 Å². The number of anilines is 1. The third kappa shape index (κ3) is 5.39. The zero-order chi connectivity index (χ0) is 18.2. The number of amides is 1. The molecular formula is C18H18ClNO5. The van der Waals surface area contributed by atoms with Gasteiger partial charge in [0.1, 0.15) is 17.1 Å². The van der Waals surface area contributed by atoms with Gasteiger partial charge in [0.2, 0.25) is 0 Å². The van der Waals surface area contributed by atoms with E-state index in [1.807, 2.05) is 0 Å². The zero-order valence-corrected chi connectivity index (χ0v) is 14.4. The highest BCUT2D eigenvalue weighted by Crippen LogP contribution is 2.27. The smallest absolute Gasteiger partial charge is 0.303 e. The van der Waals surface area contributed by atoms with Crippen LogP contribution in [0.2, 0.25) is 5.02 Å². The molecule has 6 nitrogen and oxygen atoms in total. The maximum absolute atomic E-state index is 12.4. The van der Waals surface area contributed by atoms with E-state index in [0.717, 1.165) is 0 Å². The molecule has 2 rings (SSSR count). The second kappa shape index (κ2) is 8.94. The molecule has 132 valence electrons. The Morgan fingerprint density at radius 2 is 1.88 bits per heavy atom. The Kier molecular flexibility index (Phi) is 6.65. The first-order valence-corrected chi connectivity index (χ1v) is 7.97. The molecule has 7 heteroatoms. The van der Waals surface area contributed by atoms with Crippen molar-refractivity contribution in [3.63, 3.8) is 0 Å². The van der Waals surface area contributed by atoms with E-state index >= 15 is 0 Å². The lowest BCUT2D eigenvalue weighted by Crippen LogP contribution is -2.13. The summed E-state index contributed by atoms with van der Waals surface area (Å²) in [7, 11) is 1.47. The number of nitrogens with one attached hydrogen (secondary N) is 1. The summed E-state index contributed by atoms with van der Waals surface area (Å²) >= 11 is 6.09. The van der Waals surface area contributed by atoms with Crippen molar-refractivity contribution in [3.8, 4) is 11.5 Å². The van der Waals surface area contributed by atoms with Gasteiger partial charge in [0, 0.05) is 12.1 Å². The van der Waals surface area contributed by atoms with Crippen molar-refractivity contribution in [2.75, 3.05) is 19.0 Å². The normalized spacial score (nSPS) is 10.2. The first kappa shape index (κ1) is 18.6. The lowest BCUT2D eigenvalue weighted by Gasteiger charge is -2.11. The molecule has 0 atom stereocenters. The largest absolute Gasteiger partial charge is 0.496 e. The summed E-state index contributed by atoms with van der Waals surface area (Å²) in [6, 6.07) is 11.7. The minimum absolute atomic E-state index is 0.0633. The van der Waals surface area contributed by atoms with Crippen LogP contribution in [0.25, 0.3) is 0 Å². The Morgan fingerprint density at radius 1 is 1.16 bits per heavy atom. The molecule has 0 unspecified atom stereocenters. The van der Waals surface area contributed by atoms with Crippen LogP contribution in [0.3, 0.4) is 0 Å². The van der Waals surface area contributed by atoms with Crippen molar-refractivity contribution in [1.29, 1.82) is 0 Å². The molecule has 0 heterocycles. The van der Waals surface area contributed by atoms with Crippen LogP contribution in [0.5, 0.6) is 11.5 Å². The minimum atomic E-state index is -0.850. The molecule has 0 saturated heterocycles. The van der Waals surface area contributed by atoms with Crippen LogP contribution >= 0.6 is 11.6 Å². The van der Waals surface area contributed by atoms with Gasteiger partial charge in [-0.15, -0.1) is 0 Å². The van der Waals surface area contributed by atoms with Crippen molar-refractivity contribution in [1.82, 2.24) is 0 Å².